The highest BCUT2D eigenvalue weighted by molar-refractivity contribution is 5.68. The number of aryl methyl sites for hydroxylation is 1. The lowest BCUT2D eigenvalue weighted by Gasteiger charge is -2.38. The Morgan fingerprint density at radius 3 is 2.54 bits per heavy atom. The summed E-state index contributed by atoms with van der Waals surface area (Å²) >= 11 is 0. The first-order valence-corrected chi connectivity index (χ1v) is 12.2. The standard InChI is InChI=1S/C23H40N8O4/c1-10-23(8,9)31-18(26-28-29-31)17(24-14-22(6,7)19-25-15(2)27-35-19)16-13-30(11-12-33-16)20(32)34-21(3,4)5/h16-17,24H,10-14H2,1-9H3/t16-,17?/m0/s1. The molecule has 3 rings (SSSR count). The molecule has 12 heteroatoms. The van der Waals surface area contributed by atoms with Crippen molar-refractivity contribution in [3.63, 3.8) is 0 Å². The van der Waals surface area contributed by atoms with Crippen LogP contribution in [0, 0.1) is 6.92 Å². The number of rotatable bonds is 8. The Hall–Kier alpha value is -2.60. The Morgan fingerprint density at radius 1 is 1.23 bits per heavy atom. The largest absolute Gasteiger partial charge is 0.444 e. The number of tetrazole rings is 1. The van der Waals surface area contributed by atoms with Gasteiger partial charge in [-0.1, -0.05) is 12.1 Å². The molecule has 2 atom stereocenters. The minimum Gasteiger partial charge on any atom is -0.444 e. The molecule has 12 nitrogen and oxygen atoms in total. The van der Waals surface area contributed by atoms with Crippen LogP contribution in [-0.2, 0) is 20.4 Å². The molecule has 0 saturated carbocycles. The molecule has 0 spiro atoms. The number of morpholine rings is 1. The maximum absolute atomic E-state index is 12.8. The maximum Gasteiger partial charge on any atom is 0.410 e. The summed E-state index contributed by atoms with van der Waals surface area (Å²) < 4.78 is 19.1. The molecule has 1 amide bonds. The van der Waals surface area contributed by atoms with Crippen molar-refractivity contribution in [2.45, 2.75) is 97.4 Å². The van der Waals surface area contributed by atoms with Gasteiger partial charge in [0.05, 0.1) is 36.3 Å². The van der Waals surface area contributed by atoms with E-state index in [-0.39, 0.29) is 11.6 Å². The van der Waals surface area contributed by atoms with Crippen LogP contribution in [0.1, 0.15) is 85.4 Å². The van der Waals surface area contributed by atoms with E-state index < -0.39 is 23.2 Å². The molecule has 1 fully saturated rings. The first kappa shape index (κ1) is 27.0. The molecule has 1 aliphatic heterocycles. The van der Waals surface area contributed by atoms with E-state index >= 15 is 0 Å². The van der Waals surface area contributed by atoms with Gasteiger partial charge >= 0.3 is 6.09 Å². The second-order valence-corrected chi connectivity index (χ2v) is 11.3. The molecular weight excluding hydrogens is 452 g/mol. The molecular formula is C23H40N8O4. The van der Waals surface area contributed by atoms with Crippen LogP contribution in [0.15, 0.2) is 4.52 Å². The summed E-state index contributed by atoms with van der Waals surface area (Å²) in [5.41, 5.74) is -1.35. The number of carbonyl (C=O) groups is 1. The summed E-state index contributed by atoms with van der Waals surface area (Å²) in [5, 5.41) is 20.2. The molecule has 0 bridgehead atoms. The third-order valence-electron chi connectivity index (χ3n) is 6.20. The number of hydrogen-bond acceptors (Lipinski definition) is 10. The Kier molecular flexibility index (Phi) is 7.85. The van der Waals surface area contributed by atoms with Crippen LogP contribution < -0.4 is 5.32 Å². The van der Waals surface area contributed by atoms with Crippen molar-refractivity contribution in [2.24, 2.45) is 0 Å². The van der Waals surface area contributed by atoms with Crippen LogP contribution in [0.2, 0.25) is 0 Å². The number of amides is 1. The Bertz CT molecular complexity index is 994. The lowest BCUT2D eigenvalue weighted by atomic mass is 9.92. The molecule has 3 heterocycles. The Balaban J connectivity index is 1.88. The van der Waals surface area contributed by atoms with E-state index in [1.165, 1.54) is 0 Å². The van der Waals surface area contributed by atoms with Crippen LogP contribution >= 0.6 is 0 Å². The minimum absolute atomic E-state index is 0.308. The van der Waals surface area contributed by atoms with Crippen molar-refractivity contribution < 1.29 is 18.8 Å². The van der Waals surface area contributed by atoms with E-state index in [2.05, 4.69) is 51.8 Å². The van der Waals surface area contributed by atoms with E-state index in [0.29, 0.717) is 43.8 Å². The van der Waals surface area contributed by atoms with Crippen molar-refractivity contribution in [1.29, 1.82) is 0 Å². The Labute approximate surface area is 207 Å². The number of aromatic nitrogens is 6. The van der Waals surface area contributed by atoms with Crippen LogP contribution in [0.5, 0.6) is 0 Å². The number of ether oxygens (including phenoxy) is 2. The minimum atomic E-state index is -0.579. The van der Waals surface area contributed by atoms with Crippen molar-refractivity contribution in [3.05, 3.63) is 17.5 Å². The molecule has 0 radical (unpaired) electrons. The third-order valence-corrected chi connectivity index (χ3v) is 6.20. The average molecular weight is 493 g/mol. The van der Waals surface area contributed by atoms with Gasteiger partial charge in [-0.2, -0.15) is 4.98 Å². The highest BCUT2D eigenvalue weighted by atomic mass is 16.6. The summed E-state index contributed by atoms with van der Waals surface area (Å²) in [6.45, 7) is 19.3. The summed E-state index contributed by atoms with van der Waals surface area (Å²) in [5.74, 6) is 1.77. The summed E-state index contributed by atoms with van der Waals surface area (Å²) in [7, 11) is 0. The topological polar surface area (TPSA) is 133 Å². The van der Waals surface area contributed by atoms with E-state index in [9.17, 15) is 4.79 Å². The van der Waals surface area contributed by atoms with Gasteiger partial charge in [-0.05, 0) is 72.2 Å². The van der Waals surface area contributed by atoms with Crippen molar-refractivity contribution in [1.82, 2.24) is 40.6 Å². The lowest BCUT2D eigenvalue weighted by Crippen LogP contribution is -2.53. The van der Waals surface area contributed by atoms with Gasteiger partial charge in [-0.15, -0.1) is 5.10 Å². The fourth-order valence-electron chi connectivity index (χ4n) is 3.74. The first-order chi connectivity index (χ1) is 16.2. The smallest absolute Gasteiger partial charge is 0.410 e. The molecule has 0 aliphatic carbocycles. The number of carbonyl (C=O) groups excluding carboxylic acids is 1. The SMILES string of the molecule is CCC(C)(C)n1nnnc1C(NCC(C)(C)c1nc(C)no1)[C@@H]1CN(C(=O)OC(C)(C)C)CCO1. The second-order valence-electron chi connectivity index (χ2n) is 11.3. The van der Waals surface area contributed by atoms with Gasteiger partial charge < -0.3 is 24.2 Å². The first-order valence-electron chi connectivity index (χ1n) is 12.2. The van der Waals surface area contributed by atoms with Crippen molar-refractivity contribution in [2.75, 3.05) is 26.2 Å². The highest BCUT2D eigenvalue weighted by Crippen LogP contribution is 2.29. The predicted molar refractivity (Wildman–Crippen MR) is 128 cm³/mol. The van der Waals surface area contributed by atoms with Gasteiger partial charge in [0.25, 0.3) is 0 Å². The van der Waals surface area contributed by atoms with E-state index in [0.717, 1.165) is 6.42 Å². The van der Waals surface area contributed by atoms with E-state index in [1.54, 1.807) is 11.8 Å². The van der Waals surface area contributed by atoms with Gasteiger partial charge in [0.15, 0.2) is 11.6 Å². The van der Waals surface area contributed by atoms with Crippen LogP contribution in [-0.4, -0.2) is 79.3 Å². The zero-order valence-corrected chi connectivity index (χ0v) is 22.5. The number of hydrogen-bond donors (Lipinski definition) is 1. The zero-order chi connectivity index (χ0) is 26.0. The van der Waals surface area contributed by atoms with Crippen molar-refractivity contribution in [3.8, 4) is 0 Å². The normalized spacial score (nSPS) is 18.5. The zero-order valence-electron chi connectivity index (χ0n) is 22.5. The average Bonchev–Trinajstić information content (AvgIpc) is 3.43. The lowest BCUT2D eigenvalue weighted by molar-refractivity contribution is -0.0581. The molecule has 1 unspecified atom stereocenters. The molecule has 2 aromatic rings. The molecule has 1 N–H and O–H groups in total. The molecule has 1 aliphatic rings. The fraction of sp³-hybridized carbons (Fsp3) is 0.826. The summed E-state index contributed by atoms with van der Waals surface area (Å²) in [4.78, 5) is 18.9. The summed E-state index contributed by atoms with van der Waals surface area (Å²) in [6, 6.07) is -0.399. The van der Waals surface area contributed by atoms with Gasteiger partial charge in [0, 0.05) is 13.1 Å². The quantitative estimate of drug-likeness (QED) is 0.586. The third kappa shape index (κ3) is 6.54. The van der Waals surface area contributed by atoms with Crippen LogP contribution in [0.25, 0.3) is 0 Å². The van der Waals surface area contributed by atoms with Crippen LogP contribution in [0.3, 0.4) is 0 Å². The maximum atomic E-state index is 12.8. The highest BCUT2D eigenvalue weighted by Gasteiger charge is 2.39. The van der Waals surface area contributed by atoms with Crippen LogP contribution in [0.4, 0.5) is 4.79 Å². The predicted octanol–water partition coefficient (Wildman–Crippen LogP) is 2.75. The van der Waals surface area contributed by atoms with E-state index in [1.807, 2.05) is 39.3 Å². The van der Waals surface area contributed by atoms with Crippen molar-refractivity contribution >= 4 is 6.09 Å². The van der Waals surface area contributed by atoms with E-state index in [4.69, 9.17) is 14.0 Å². The molecule has 1 saturated heterocycles. The van der Waals surface area contributed by atoms with Gasteiger partial charge in [-0.3, -0.25) is 0 Å². The molecule has 35 heavy (non-hydrogen) atoms. The molecule has 2 aromatic heterocycles. The monoisotopic (exact) mass is 492 g/mol. The summed E-state index contributed by atoms with van der Waals surface area (Å²) in [6.07, 6.45) is 0.0775. The molecule has 196 valence electrons. The van der Waals surface area contributed by atoms with Gasteiger partial charge in [0.2, 0.25) is 5.89 Å². The Morgan fingerprint density at radius 2 is 1.94 bits per heavy atom. The second kappa shape index (κ2) is 10.2. The molecule has 0 aromatic carbocycles. The number of nitrogens with zero attached hydrogens (tertiary/aromatic N) is 7. The van der Waals surface area contributed by atoms with Gasteiger partial charge in [-0.25, -0.2) is 9.48 Å². The van der Waals surface area contributed by atoms with Gasteiger partial charge in [0.1, 0.15) is 5.60 Å². The fourth-order valence-corrected chi connectivity index (χ4v) is 3.74. The number of nitrogens with one attached hydrogen (secondary N) is 1.